The van der Waals surface area contributed by atoms with E-state index in [0.29, 0.717) is 6.32 Å². The Labute approximate surface area is 169 Å². The van der Waals surface area contributed by atoms with Gasteiger partial charge in [0.1, 0.15) is 5.75 Å². The van der Waals surface area contributed by atoms with E-state index in [1.165, 1.54) is 0 Å². The molecule has 0 amide bonds. The summed E-state index contributed by atoms with van der Waals surface area (Å²) >= 11 is 0. The molecule has 28 heavy (non-hydrogen) atoms. The van der Waals surface area contributed by atoms with E-state index in [4.69, 9.17) is 14.0 Å². The SMILES string of the molecule is COc1ccc(/C=C/C(C)(CB2OC(C)(C)C(C)(C)O2)c2cccnc2)cc1. The number of aromatic nitrogens is 1. The molecule has 1 unspecified atom stereocenters. The number of nitrogens with zero attached hydrogens (tertiary/aromatic N) is 1. The molecule has 1 fully saturated rings. The van der Waals surface area contributed by atoms with Gasteiger partial charge in [0.25, 0.3) is 0 Å². The van der Waals surface area contributed by atoms with Gasteiger partial charge in [-0.3, -0.25) is 4.98 Å². The zero-order chi connectivity index (χ0) is 20.4. The van der Waals surface area contributed by atoms with E-state index in [0.717, 1.165) is 16.9 Å². The number of rotatable bonds is 6. The van der Waals surface area contributed by atoms with Gasteiger partial charge in [-0.05, 0) is 63.3 Å². The monoisotopic (exact) mass is 379 g/mol. The average Bonchev–Trinajstić information content (AvgIpc) is 2.87. The Morgan fingerprint density at radius 2 is 1.71 bits per heavy atom. The first-order valence-electron chi connectivity index (χ1n) is 9.75. The van der Waals surface area contributed by atoms with Crippen LogP contribution >= 0.6 is 0 Å². The van der Waals surface area contributed by atoms with Gasteiger partial charge in [0, 0.05) is 17.8 Å². The first-order valence-corrected chi connectivity index (χ1v) is 9.75. The average molecular weight is 379 g/mol. The minimum absolute atomic E-state index is 0.282. The van der Waals surface area contributed by atoms with Crippen LogP contribution in [0.2, 0.25) is 6.32 Å². The van der Waals surface area contributed by atoms with E-state index in [1.807, 2.05) is 36.5 Å². The quantitative estimate of drug-likeness (QED) is 0.651. The van der Waals surface area contributed by atoms with Crippen LogP contribution in [0.4, 0.5) is 0 Å². The fraction of sp³-hybridized carbons (Fsp3) is 0.435. The molecule has 0 spiro atoms. The molecule has 0 bridgehead atoms. The minimum Gasteiger partial charge on any atom is -0.497 e. The van der Waals surface area contributed by atoms with Crippen LogP contribution in [0.5, 0.6) is 5.75 Å². The molecule has 2 aromatic rings. The van der Waals surface area contributed by atoms with Gasteiger partial charge in [-0.15, -0.1) is 0 Å². The summed E-state index contributed by atoms with van der Waals surface area (Å²) < 4.78 is 17.8. The van der Waals surface area contributed by atoms with E-state index in [9.17, 15) is 0 Å². The lowest BCUT2D eigenvalue weighted by atomic mass is 9.65. The Morgan fingerprint density at radius 1 is 1.07 bits per heavy atom. The smallest absolute Gasteiger partial charge is 0.459 e. The first-order chi connectivity index (χ1) is 13.2. The van der Waals surface area contributed by atoms with E-state index >= 15 is 0 Å². The molecule has 148 valence electrons. The molecule has 0 radical (unpaired) electrons. The molecule has 5 heteroatoms. The maximum Gasteiger partial charge on any atom is 0.459 e. The third-order valence-corrected chi connectivity index (χ3v) is 5.97. The molecule has 1 aliphatic heterocycles. The molecular weight excluding hydrogens is 349 g/mol. The standard InChI is InChI=1S/C23H30BNO3/c1-21(2)22(3,4)28-24(27-21)17-23(5,19-8-7-15-25-16-19)14-13-18-9-11-20(26-6)12-10-18/h7-16H,17H2,1-6H3/b14-13+. The van der Waals surface area contributed by atoms with Crippen LogP contribution < -0.4 is 4.74 Å². The summed E-state index contributed by atoms with van der Waals surface area (Å²) in [5.41, 5.74) is 1.29. The van der Waals surface area contributed by atoms with Crippen molar-refractivity contribution in [3.05, 3.63) is 66.0 Å². The van der Waals surface area contributed by atoms with Crippen molar-refractivity contribution in [2.75, 3.05) is 7.11 Å². The lowest BCUT2D eigenvalue weighted by Gasteiger charge is -2.32. The van der Waals surface area contributed by atoms with Gasteiger partial charge in [-0.2, -0.15) is 0 Å². The molecule has 0 aliphatic carbocycles. The molecule has 1 aromatic carbocycles. The number of ether oxygens (including phenoxy) is 1. The summed E-state index contributed by atoms with van der Waals surface area (Å²) in [4.78, 5) is 4.33. The van der Waals surface area contributed by atoms with Crippen molar-refractivity contribution in [3.8, 4) is 5.75 Å². The first kappa shape index (κ1) is 20.6. The Bertz CT molecular complexity index is 802. The second-order valence-electron chi connectivity index (χ2n) is 8.66. The molecule has 2 heterocycles. The van der Waals surface area contributed by atoms with Gasteiger partial charge in [-0.1, -0.05) is 37.3 Å². The zero-order valence-corrected chi connectivity index (χ0v) is 17.7. The van der Waals surface area contributed by atoms with Crippen molar-refractivity contribution in [1.29, 1.82) is 0 Å². The predicted octanol–water partition coefficient (Wildman–Crippen LogP) is 5.15. The largest absolute Gasteiger partial charge is 0.497 e. The van der Waals surface area contributed by atoms with Gasteiger partial charge in [0.05, 0.1) is 18.3 Å². The lowest BCUT2D eigenvalue weighted by molar-refractivity contribution is 0.00578. The lowest BCUT2D eigenvalue weighted by Crippen LogP contribution is -2.41. The number of allylic oxidation sites excluding steroid dienone is 1. The third kappa shape index (κ3) is 4.31. The predicted molar refractivity (Wildman–Crippen MR) is 115 cm³/mol. The summed E-state index contributed by atoms with van der Waals surface area (Å²) in [5, 5.41) is 0. The van der Waals surface area contributed by atoms with Crippen LogP contribution in [-0.2, 0) is 14.7 Å². The molecule has 0 saturated carbocycles. The second kappa shape index (κ2) is 7.73. The van der Waals surface area contributed by atoms with Crippen LogP contribution in [-0.4, -0.2) is 30.4 Å². The summed E-state index contributed by atoms with van der Waals surface area (Å²) in [6.07, 6.45) is 8.78. The Balaban J connectivity index is 1.87. The van der Waals surface area contributed by atoms with Crippen molar-refractivity contribution in [3.63, 3.8) is 0 Å². The third-order valence-electron chi connectivity index (χ3n) is 5.97. The highest BCUT2D eigenvalue weighted by Gasteiger charge is 2.52. The van der Waals surface area contributed by atoms with Gasteiger partial charge < -0.3 is 14.0 Å². The Kier molecular flexibility index (Phi) is 5.69. The second-order valence-corrected chi connectivity index (χ2v) is 8.66. The van der Waals surface area contributed by atoms with Crippen molar-refractivity contribution < 1.29 is 14.0 Å². The zero-order valence-electron chi connectivity index (χ0n) is 17.7. The van der Waals surface area contributed by atoms with Gasteiger partial charge in [-0.25, -0.2) is 0 Å². The number of hydrogen-bond donors (Lipinski definition) is 0. The normalized spacial score (nSPS) is 20.3. The highest BCUT2D eigenvalue weighted by Crippen LogP contribution is 2.42. The Morgan fingerprint density at radius 3 is 2.25 bits per heavy atom. The van der Waals surface area contributed by atoms with E-state index in [-0.39, 0.29) is 23.7 Å². The summed E-state index contributed by atoms with van der Waals surface area (Å²) in [6.45, 7) is 10.5. The van der Waals surface area contributed by atoms with Crippen LogP contribution in [0.1, 0.15) is 45.7 Å². The van der Waals surface area contributed by atoms with Crippen molar-refractivity contribution >= 4 is 13.2 Å². The number of pyridine rings is 1. The van der Waals surface area contributed by atoms with Crippen molar-refractivity contribution in [2.24, 2.45) is 0 Å². The van der Waals surface area contributed by atoms with Gasteiger partial charge >= 0.3 is 7.12 Å². The molecule has 1 aliphatic rings. The molecule has 0 N–H and O–H groups in total. The van der Waals surface area contributed by atoms with Gasteiger partial charge in [0.2, 0.25) is 0 Å². The number of hydrogen-bond acceptors (Lipinski definition) is 4. The molecular formula is C23H30BNO3. The van der Waals surface area contributed by atoms with Crippen LogP contribution in [0.25, 0.3) is 6.08 Å². The fourth-order valence-electron chi connectivity index (χ4n) is 3.37. The van der Waals surface area contributed by atoms with E-state index in [1.54, 1.807) is 13.3 Å². The number of benzene rings is 1. The van der Waals surface area contributed by atoms with Crippen LogP contribution in [0.15, 0.2) is 54.9 Å². The maximum absolute atomic E-state index is 6.27. The summed E-state index contributed by atoms with van der Waals surface area (Å²) in [5.74, 6) is 0.851. The van der Waals surface area contributed by atoms with E-state index in [2.05, 4.69) is 57.8 Å². The van der Waals surface area contributed by atoms with Crippen LogP contribution in [0, 0.1) is 0 Å². The molecule has 1 aromatic heterocycles. The van der Waals surface area contributed by atoms with Crippen LogP contribution in [0.3, 0.4) is 0 Å². The topological polar surface area (TPSA) is 40.6 Å². The summed E-state index contributed by atoms with van der Waals surface area (Å²) in [6, 6.07) is 12.1. The number of methoxy groups -OCH3 is 1. The van der Waals surface area contributed by atoms with E-state index < -0.39 is 0 Å². The Hall–Kier alpha value is -2.11. The minimum atomic E-state index is -0.340. The maximum atomic E-state index is 6.27. The molecule has 4 nitrogen and oxygen atoms in total. The highest BCUT2D eigenvalue weighted by atomic mass is 16.7. The molecule has 1 atom stereocenters. The van der Waals surface area contributed by atoms with Gasteiger partial charge in [0.15, 0.2) is 0 Å². The van der Waals surface area contributed by atoms with Crippen molar-refractivity contribution in [1.82, 2.24) is 4.98 Å². The highest BCUT2D eigenvalue weighted by molar-refractivity contribution is 6.46. The fourth-order valence-corrected chi connectivity index (χ4v) is 3.37. The summed E-state index contributed by atoms with van der Waals surface area (Å²) in [7, 11) is 1.39. The molecule has 1 saturated heterocycles. The molecule has 3 rings (SSSR count). The van der Waals surface area contributed by atoms with Crippen molar-refractivity contribution in [2.45, 2.75) is 57.6 Å².